The molecule has 3 N–H and O–H groups in total. The van der Waals surface area contributed by atoms with Crippen molar-refractivity contribution in [2.45, 2.75) is 56.9 Å². The van der Waals surface area contributed by atoms with Gasteiger partial charge in [0.2, 0.25) is 17.7 Å². The van der Waals surface area contributed by atoms with E-state index in [-0.39, 0.29) is 24.4 Å². The smallest absolute Gasteiger partial charge is 0.332 e. The van der Waals surface area contributed by atoms with Crippen molar-refractivity contribution in [3.05, 3.63) is 65.0 Å². The third-order valence-corrected chi connectivity index (χ3v) is 10.9. The maximum atomic E-state index is 14.1. The van der Waals surface area contributed by atoms with Gasteiger partial charge in [0.1, 0.15) is 12.1 Å². The zero-order valence-corrected chi connectivity index (χ0v) is 25.9. The third kappa shape index (κ3) is 6.38. The first-order valence-corrected chi connectivity index (χ1v) is 16.6. The number of rotatable bonds is 6. The molecule has 2 saturated heterocycles. The Labute approximate surface area is 253 Å². The van der Waals surface area contributed by atoms with Crippen molar-refractivity contribution in [3.8, 4) is 0 Å². The Morgan fingerprint density at radius 2 is 1.79 bits per heavy atom. The number of anilines is 1. The summed E-state index contributed by atoms with van der Waals surface area (Å²) in [6.45, 7) is 3.26. The molecule has 5 rings (SSSR count). The first kappa shape index (κ1) is 30.9. The number of likely N-dealkylation sites (N-methyl/N-ethyl adjacent to an activating group) is 1. The van der Waals surface area contributed by atoms with Gasteiger partial charge in [-0.1, -0.05) is 24.3 Å². The fourth-order valence-corrected chi connectivity index (χ4v) is 7.37. The summed E-state index contributed by atoms with van der Waals surface area (Å²) in [4.78, 5) is 77.9. The Morgan fingerprint density at radius 3 is 2.47 bits per heavy atom. The summed E-state index contributed by atoms with van der Waals surface area (Å²) in [7, 11) is -2.66. The molecule has 0 spiro atoms. The molecule has 0 aliphatic carbocycles. The average Bonchev–Trinajstić information content (AvgIpc) is 3.60. The van der Waals surface area contributed by atoms with Crippen molar-refractivity contribution in [2.24, 2.45) is 0 Å². The second kappa shape index (κ2) is 12.2. The van der Waals surface area contributed by atoms with Crippen LogP contribution in [0.3, 0.4) is 0 Å². The number of nitrogens with zero attached hydrogens (tertiary/aromatic N) is 3. The lowest BCUT2D eigenvalue weighted by atomic mass is 10.1. The van der Waals surface area contributed by atoms with E-state index in [1.165, 1.54) is 25.2 Å². The van der Waals surface area contributed by atoms with E-state index in [0.717, 1.165) is 4.70 Å². The molecule has 11 nitrogen and oxygen atoms in total. The molecule has 0 saturated carbocycles. The van der Waals surface area contributed by atoms with E-state index in [1.54, 1.807) is 46.0 Å². The Kier molecular flexibility index (Phi) is 8.76. The number of thiophene rings is 1. The lowest BCUT2D eigenvalue weighted by molar-refractivity contribution is -0.144. The second-order valence-electron chi connectivity index (χ2n) is 11.2. The summed E-state index contributed by atoms with van der Waals surface area (Å²) in [5.74, 6) is -1.32. The number of nitrogens with one attached hydrogen (secondary N) is 1. The molecular formula is C30H35N4O7PS. The topological polar surface area (TPSA) is 148 Å². The van der Waals surface area contributed by atoms with Crippen molar-refractivity contribution in [2.75, 3.05) is 25.0 Å². The van der Waals surface area contributed by atoms with Gasteiger partial charge in [0.25, 0.3) is 5.91 Å². The molecule has 3 heterocycles. The van der Waals surface area contributed by atoms with Crippen LogP contribution in [-0.4, -0.2) is 81.5 Å². The van der Waals surface area contributed by atoms with E-state index < -0.39 is 37.2 Å². The van der Waals surface area contributed by atoms with E-state index in [0.29, 0.717) is 47.3 Å². The first-order valence-electron chi connectivity index (χ1n) is 14.1. The van der Waals surface area contributed by atoms with Gasteiger partial charge < -0.3 is 29.8 Å². The normalized spacial score (nSPS) is 21.6. The third-order valence-electron chi connectivity index (χ3n) is 8.45. The lowest BCUT2D eigenvalue weighted by Crippen LogP contribution is -2.61. The van der Waals surface area contributed by atoms with Crippen LogP contribution in [0.5, 0.6) is 0 Å². The van der Waals surface area contributed by atoms with Gasteiger partial charge in [-0.05, 0) is 67.5 Å². The molecule has 1 unspecified atom stereocenters. The molecule has 2 aliphatic rings. The van der Waals surface area contributed by atoms with Gasteiger partial charge >= 0.3 is 7.60 Å². The van der Waals surface area contributed by atoms with Crippen molar-refractivity contribution in [3.63, 3.8) is 0 Å². The maximum absolute atomic E-state index is 14.1. The van der Waals surface area contributed by atoms with Crippen LogP contribution in [0.1, 0.15) is 54.0 Å². The first-order chi connectivity index (χ1) is 20.3. The molecule has 13 heteroatoms. The van der Waals surface area contributed by atoms with Gasteiger partial charge in [0.05, 0.1) is 10.5 Å². The van der Waals surface area contributed by atoms with E-state index in [2.05, 4.69) is 5.32 Å². The largest absolute Gasteiger partial charge is 0.340 e. The second-order valence-corrected chi connectivity index (χ2v) is 14.2. The molecule has 2 aromatic carbocycles. The van der Waals surface area contributed by atoms with Crippen LogP contribution in [0.25, 0.3) is 10.1 Å². The van der Waals surface area contributed by atoms with Gasteiger partial charge in [-0.2, -0.15) is 0 Å². The number of fused-ring (bicyclic) bond motifs is 2. The van der Waals surface area contributed by atoms with Crippen molar-refractivity contribution < 1.29 is 33.5 Å². The summed E-state index contributed by atoms with van der Waals surface area (Å²) in [5.41, 5.74) is 0.171. The fourth-order valence-electron chi connectivity index (χ4n) is 5.87. The molecule has 4 atom stereocenters. The summed E-state index contributed by atoms with van der Waals surface area (Å²) >= 11 is 1.19. The number of benzene rings is 2. The van der Waals surface area contributed by atoms with Crippen LogP contribution in [-0.2, 0) is 18.9 Å². The highest BCUT2D eigenvalue weighted by atomic mass is 32.1. The monoisotopic (exact) mass is 626 g/mol. The highest BCUT2D eigenvalue weighted by molar-refractivity contribution is 7.52. The molecule has 4 amide bonds. The minimum Gasteiger partial charge on any atom is -0.340 e. The van der Waals surface area contributed by atoms with Crippen LogP contribution in [0.15, 0.2) is 54.6 Å². The number of para-hydroxylation sites is 1. The Morgan fingerprint density at radius 1 is 1.07 bits per heavy atom. The molecule has 1 aromatic heterocycles. The number of carbonyl (C=O) groups is 4. The maximum Gasteiger partial charge on any atom is 0.332 e. The molecule has 43 heavy (non-hydrogen) atoms. The van der Waals surface area contributed by atoms with Crippen molar-refractivity contribution >= 4 is 58.3 Å². The van der Waals surface area contributed by atoms with E-state index in [4.69, 9.17) is 0 Å². The standard InChI is InChI=1S/C30H35N4O7PS/c1-18(42(39,40)41)20-9-12-26-21(15-20)16-27(43-26)28(36)31-24-17-33(19(2)35)14-13-23-10-11-25(34(23)29(24)37)30(38)32(3)22-7-5-4-6-8-22/h4-9,12,15-16,18,23-25H,10-11,13-14,17H2,1-3H3,(H,31,36)(H2,39,40,41)/t18?,23-,24+,25+/m1/s1. The predicted molar refractivity (Wildman–Crippen MR) is 164 cm³/mol. The Balaban J connectivity index is 1.40. The molecular weight excluding hydrogens is 591 g/mol. The summed E-state index contributed by atoms with van der Waals surface area (Å²) in [6, 6.07) is 13.8. The number of amides is 4. The number of hydrogen-bond donors (Lipinski definition) is 3. The molecule has 228 valence electrons. The van der Waals surface area contributed by atoms with E-state index >= 15 is 0 Å². The Bertz CT molecular complexity index is 1610. The molecule has 2 aliphatic heterocycles. The van der Waals surface area contributed by atoms with Crippen LogP contribution in [0, 0.1) is 0 Å². The van der Waals surface area contributed by atoms with E-state index in [1.807, 2.05) is 30.3 Å². The van der Waals surface area contributed by atoms with Crippen LogP contribution < -0.4 is 10.2 Å². The highest BCUT2D eigenvalue weighted by Gasteiger charge is 2.46. The van der Waals surface area contributed by atoms with Gasteiger partial charge in [-0.25, -0.2) is 0 Å². The predicted octanol–water partition coefficient (Wildman–Crippen LogP) is 3.51. The molecule has 2 fully saturated rings. The van der Waals surface area contributed by atoms with Crippen LogP contribution in [0.2, 0.25) is 0 Å². The van der Waals surface area contributed by atoms with Gasteiger partial charge in [0, 0.05) is 43.5 Å². The average molecular weight is 627 g/mol. The molecule has 0 radical (unpaired) electrons. The zero-order chi connectivity index (χ0) is 31.1. The summed E-state index contributed by atoms with van der Waals surface area (Å²) in [5, 5.41) is 3.48. The minimum absolute atomic E-state index is 0.0204. The van der Waals surface area contributed by atoms with Crippen molar-refractivity contribution in [1.82, 2.24) is 15.1 Å². The Hall–Kier alpha value is -3.57. The molecule has 3 aromatic rings. The van der Waals surface area contributed by atoms with Gasteiger partial charge in [0.15, 0.2) is 0 Å². The minimum atomic E-state index is -4.34. The summed E-state index contributed by atoms with van der Waals surface area (Å²) in [6.07, 6.45) is 1.64. The number of hydrogen-bond acceptors (Lipinski definition) is 6. The zero-order valence-electron chi connectivity index (χ0n) is 24.2. The lowest BCUT2D eigenvalue weighted by Gasteiger charge is -2.39. The molecule has 0 bridgehead atoms. The van der Waals surface area contributed by atoms with Gasteiger partial charge in [-0.3, -0.25) is 23.7 Å². The van der Waals surface area contributed by atoms with Gasteiger partial charge in [-0.15, -0.1) is 11.3 Å². The number of carbonyl (C=O) groups excluding carboxylic acids is 4. The van der Waals surface area contributed by atoms with E-state index in [9.17, 15) is 33.5 Å². The summed E-state index contributed by atoms with van der Waals surface area (Å²) < 4.78 is 12.5. The fraction of sp³-hybridized carbons (Fsp3) is 0.400. The van der Waals surface area contributed by atoms with Crippen LogP contribution in [0.4, 0.5) is 5.69 Å². The highest BCUT2D eigenvalue weighted by Crippen LogP contribution is 2.51. The SMILES string of the molecule is CC(=O)N1CC[C@H]2CC[C@@H](C(=O)N(C)c3ccccc3)N2C(=O)[C@@H](NC(=O)c2cc3cc(C(C)P(=O)(O)O)ccc3s2)C1. The van der Waals surface area contributed by atoms with Crippen LogP contribution >= 0.6 is 18.9 Å². The quantitative estimate of drug-likeness (QED) is 0.355. The van der Waals surface area contributed by atoms with Crippen molar-refractivity contribution in [1.29, 1.82) is 0 Å².